The number of Topliss-reactive ketones (excluding diaryl/α,β-unsaturated/α-hetero) is 1. The van der Waals surface area contributed by atoms with Gasteiger partial charge in [-0.3, -0.25) is 4.79 Å². The van der Waals surface area contributed by atoms with Gasteiger partial charge in [-0.2, -0.15) is 0 Å². The van der Waals surface area contributed by atoms with Crippen LogP contribution in [0.1, 0.15) is 22.8 Å². The molecule has 1 heterocycles. The first-order valence-electron chi connectivity index (χ1n) is 5.15. The number of rotatable bonds is 1. The van der Waals surface area contributed by atoms with Gasteiger partial charge in [0.25, 0.3) is 0 Å². The molecule has 15 heavy (non-hydrogen) atoms. The Kier molecular flexibility index (Phi) is 2.73. The second-order valence-corrected chi connectivity index (χ2v) is 3.90. The lowest BCUT2D eigenvalue weighted by Gasteiger charge is -2.12. The topological polar surface area (TPSA) is 38.3 Å². The number of hydrogen-bond donors (Lipinski definition) is 1. The highest BCUT2D eigenvalue weighted by Gasteiger charge is 2.21. The number of nitrogens with one attached hydrogen (secondary N) is 1. The molecule has 0 fully saturated rings. The smallest absolute Gasteiger partial charge is 0.177 e. The van der Waals surface area contributed by atoms with Crippen LogP contribution in [0.25, 0.3) is 0 Å². The van der Waals surface area contributed by atoms with Crippen molar-refractivity contribution < 1.29 is 9.53 Å². The van der Waals surface area contributed by atoms with Crippen molar-refractivity contribution in [3.05, 3.63) is 29.3 Å². The van der Waals surface area contributed by atoms with Gasteiger partial charge in [0.05, 0.1) is 13.7 Å². The summed E-state index contributed by atoms with van der Waals surface area (Å²) < 4.78 is 5.28. The van der Waals surface area contributed by atoms with Crippen molar-refractivity contribution in [2.24, 2.45) is 0 Å². The molecule has 3 nitrogen and oxygen atoms in total. The maximum absolute atomic E-state index is 11.8. The van der Waals surface area contributed by atoms with Crippen LogP contribution < -0.4 is 10.1 Å². The fraction of sp³-hybridized carbons (Fsp3) is 0.417. The number of ether oxygens (including phenoxy) is 1. The van der Waals surface area contributed by atoms with E-state index in [2.05, 4.69) is 12.2 Å². The van der Waals surface area contributed by atoms with Crippen LogP contribution in [0.5, 0.6) is 5.75 Å². The fourth-order valence-electron chi connectivity index (χ4n) is 1.97. The lowest BCUT2D eigenvalue weighted by atomic mass is 9.99. The minimum Gasteiger partial charge on any atom is -0.496 e. The summed E-state index contributed by atoms with van der Waals surface area (Å²) in [7, 11) is 1.64. The first-order chi connectivity index (χ1) is 7.22. The predicted octanol–water partition coefficient (Wildman–Crippen LogP) is 1.41. The molecule has 0 aromatic heterocycles. The molecule has 1 aliphatic rings. The predicted molar refractivity (Wildman–Crippen MR) is 58.5 cm³/mol. The van der Waals surface area contributed by atoms with Gasteiger partial charge in [-0.15, -0.1) is 0 Å². The highest BCUT2D eigenvalue weighted by atomic mass is 16.5. The number of methoxy groups -OCH3 is 1. The molecule has 0 saturated carbocycles. The van der Waals surface area contributed by atoms with Gasteiger partial charge in [-0.25, -0.2) is 0 Å². The molecular weight excluding hydrogens is 190 g/mol. The van der Waals surface area contributed by atoms with Gasteiger partial charge in [0.15, 0.2) is 5.78 Å². The Bertz CT molecular complexity index is 387. The van der Waals surface area contributed by atoms with E-state index >= 15 is 0 Å². The van der Waals surface area contributed by atoms with E-state index in [0.29, 0.717) is 12.6 Å². The van der Waals surface area contributed by atoms with E-state index in [9.17, 15) is 4.79 Å². The quantitative estimate of drug-likeness (QED) is 0.753. The second-order valence-electron chi connectivity index (χ2n) is 3.90. The van der Waals surface area contributed by atoms with Crippen LogP contribution in [0.3, 0.4) is 0 Å². The molecule has 1 aromatic rings. The molecule has 80 valence electrons. The number of fused-ring (bicyclic) bond motifs is 1. The van der Waals surface area contributed by atoms with Gasteiger partial charge in [0.1, 0.15) is 5.75 Å². The van der Waals surface area contributed by atoms with Gasteiger partial charge in [0, 0.05) is 17.2 Å². The maximum atomic E-state index is 11.8. The van der Waals surface area contributed by atoms with Gasteiger partial charge in [-0.1, -0.05) is 12.1 Å². The molecule has 0 radical (unpaired) electrons. The minimum atomic E-state index is 0.147. The third kappa shape index (κ3) is 1.88. The number of ketones is 1. The van der Waals surface area contributed by atoms with Crippen molar-refractivity contribution in [3.63, 3.8) is 0 Å². The normalized spacial score (nSPS) is 20.7. The molecular formula is C12H15NO2. The zero-order chi connectivity index (χ0) is 10.8. The van der Waals surface area contributed by atoms with Crippen LogP contribution in [0.2, 0.25) is 0 Å². The van der Waals surface area contributed by atoms with Gasteiger partial charge in [-0.05, 0) is 19.4 Å². The van der Waals surface area contributed by atoms with Gasteiger partial charge < -0.3 is 10.1 Å². The summed E-state index contributed by atoms with van der Waals surface area (Å²) in [4.78, 5) is 11.8. The summed E-state index contributed by atoms with van der Waals surface area (Å²) in [6.45, 7) is 2.50. The zero-order valence-electron chi connectivity index (χ0n) is 9.04. The van der Waals surface area contributed by atoms with E-state index < -0.39 is 0 Å². The molecule has 1 aliphatic heterocycles. The third-order valence-corrected chi connectivity index (χ3v) is 2.77. The Morgan fingerprint density at radius 1 is 1.47 bits per heavy atom. The molecule has 0 spiro atoms. The van der Waals surface area contributed by atoms with E-state index in [4.69, 9.17) is 4.74 Å². The van der Waals surface area contributed by atoms with Crippen LogP contribution in [-0.2, 0) is 6.42 Å². The summed E-state index contributed by atoms with van der Waals surface area (Å²) in [5.41, 5.74) is 1.83. The molecule has 0 bridgehead atoms. The van der Waals surface area contributed by atoms with Crippen LogP contribution in [-0.4, -0.2) is 25.5 Å². The Hall–Kier alpha value is -1.35. The van der Waals surface area contributed by atoms with Crippen LogP contribution in [0, 0.1) is 0 Å². The molecule has 3 heteroatoms. The van der Waals surface area contributed by atoms with E-state index in [-0.39, 0.29) is 5.78 Å². The summed E-state index contributed by atoms with van der Waals surface area (Å²) in [5.74, 6) is 0.963. The molecule has 0 aliphatic carbocycles. The van der Waals surface area contributed by atoms with Crippen LogP contribution in [0.4, 0.5) is 0 Å². The first-order valence-corrected chi connectivity index (χ1v) is 5.15. The van der Waals surface area contributed by atoms with Crippen LogP contribution in [0.15, 0.2) is 18.2 Å². The van der Waals surface area contributed by atoms with E-state index in [1.165, 1.54) is 0 Å². The maximum Gasteiger partial charge on any atom is 0.177 e. The Morgan fingerprint density at radius 2 is 2.27 bits per heavy atom. The molecule has 2 rings (SSSR count). The standard InChI is InChI=1S/C12H15NO2/c1-8-6-10-9(11(14)7-13-8)4-3-5-12(10)15-2/h3-5,8,13H,6-7H2,1-2H3. The number of hydrogen-bond acceptors (Lipinski definition) is 3. The summed E-state index contributed by atoms with van der Waals surface area (Å²) >= 11 is 0. The van der Waals surface area contributed by atoms with Crippen LogP contribution >= 0.6 is 0 Å². The summed E-state index contributed by atoms with van der Waals surface area (Å²) in [6, 6.07) is 5.96. The van der Waals surface area contributed by atoms with Crippen molar-refractivity contribution in [2.75, 3.05) is 13.7 Å². The molecule has 0 saturated heterocycles. The molecule has 0 amide bonds. The van der Waals surface area contributed by atoms with E-state index in [1.54, 1.807) is 7.11 Å². The Morgan fingerprint density at radius 3 is 3.00 bits per heavy atom. The number of carbonyl (C=O) groups excluding carboxylic acids is 1. The highest BCUT2D eigenvalue weighted by molar-refractivity contribution is 6.00. The fourth-order valence-corrected chi connectivity index (χ4v) is 1.97. The average Bonchev–Trinajstić information content (AvgIpc) is 2.39. The lowest BCUT2D eigenvalue weighted by molar-refractivity contribution is 0.0991. The SMILES string of the molecule is COc1cccc2c1CC(C)NCC2=O. The van der Waals surface area contributed by atoms with Gasteiger partial charge in [0.2, 0.25) is 0 Å². The van der Waals surface area contributed by atoms with Crippen molar-refractivity contribution in [1.29, 1.82) is 0 Å². The average molecular weight is 205 g/mol. The largest absolute Gasteiger partial charge is 0.496 e. The third-order valence-electron chi connectivity index (χ3n) is 2.77. The summed E-state index contributed by atoms with van der Waals surface area (Å²) in [6.07, 6.45) is 0.838. The minimum absolute atomic E-state index is 0.147. The Balaban J connectivity index is 2.51. The number of carbonyl (C=O) groups is 1. The van der Waals surface area contributed by atoms with Crippen molar-refractivity contribution >= 4 is 5.78 Å². The lowest BCUT2D eigenvalue weighted by Crippen LogP contribution is -2.29. The molecule has 1 aromatic carbocycles. The molecule has 1 unspecified atom stereocenters. The van der Waals surface area contributed by atoms with Gasteiger partial charge >= 0.3 is 0 Å². The van der Waals surface area contributed by atoms with E-state index in [1.807, 2.05) is 18.2 Å². The summed E-state index contributed by atoms with van der Waals surface area (Å²) in [5, 5.41) is 3.19. The second kappa shape index (κ2) is 4.03. The first kappa shape index (κ1) is 10.2. The van der Waals surface area contributed by atoms with Crippen molar-refractivity contribution in [2.45, 2.75) is 19.4 Å². The zero-order valence-corrected chi connectivity index (χ0v) is 9.04. The molecule has 1 N–H and O–H groups in total. The van der Waals surface area contributed by atoms with E-state index in [0.717, 1.165) is 23.3 Å². The van der Waals surface area contributed by atoms with Crippen molar-refractivity contribution in [3.8, 4) is 5.75 Å². The number of benzene rings is 1. The Labute approximate surface area is 89.4 Å². The highest BCUT2D eigenvalue weighted by Crippen LogP contribution is 2.25. The molecule has 1 atom stereocenters. The van der Waals surface area contributed by atoms with Crippen molar-refractivity contribution in [1.82, 2.24) is 5.32 Å². The monoisotopic (exact) mass is 205 g/mol.